The van der Waals surface area contributed by atoms with E-state index in [0.29, 0.717) is 17.7 Å². The topological polar surface area (TPSA) is 117 Å². The third-order valence-electron chi connectivity index (χ3n) is 8.95. The van der Waals surface area contributed by atoms with E-state index in [0.717, 1.165) is 27.5 Å². The monoisotopic (exact) mass is 646 g/mol. The van der Waals surface area contributed by atoms with Gasteiger partial charge in [0, 0.05) is 31.1 Å². The molecule has 9 nitrogen and oxygen atoms in total. The molecule has 2 heterocycles. The Hall–Kier alpha value is -5.18. The molecule has 6 rings (SSSR count). The average molecular weight is 647 g/mol. The van der Waals surface area contributed by atoms with Crippen LogP contribution in [0.15, 0.2) is 91.0 Å². The predicted molar refractivity (Wildman–Crippen MR) is 185 cm³/mol. The number of carbonyl (C=O) groups excluding carboxylic acids is 4. The van der Waals surface area contributed by atoms with Gasteiger partial charge in [0.15, 0.2) is 0 Å². The quantitative estimate of drug-likeness (QED) is 0.276. The minimum atomic E-state index is -0.854. The Morgan fingerprint density at radius 2 is 1.65 bits per heavy atom. The summed E-state index contributed by atoms with van der Waals surface area (Å²) in [5.74, 6) is -0.146. The second-order valence-corrected chi connectivity index (χ2v) is 13.1. The molecule has 0 saturated carbocycles. The molecule has 3 atom stereocenters. The molecule has 3 N–H and O–H groups in total. The van der Waals surface area contributed by atoms with E-state index in [1.165, 1.54) is 0 Å². The van der Waals surface area contributed by atoms with E-state index in [1.807, 2.05) is 98.8 Å². The molecule has 0 unspecified atom stereocenters. The first kappa shape index (κ1) is 32.7. The van der Waals surface area contributed by atoms with Crippen molar-refractivity contribution < 1.29 is 23.9 Å². The minimum Gasteiger partial charge on any atom is -0.491 e. The summed E-state index contributed by atoms with van der Waals surface area (Å²) >= 11 is 0. The summed E-state index contributed by atoms with van der Waals surface area (Å²) in [5, 5.41) is 11.2. The van der Waals surface area contributed by atoms with E-state index in [-0.39, 0.29) is 80.6 Å². The number of rotatable bonds is 6. The molecule has 0 aliphatic carbocycles. The van der Waals surface area contributed by atoms with Crippen molar-refractivity contribution in [1.82, 2.24) is 20.9 Å². The normalized spacial score (nSPS) is 19.7. The van der Waals surface area contributed by atoms with Crippen molar-refractivity contribution in [3.05, 3.63) is 102 Å². The number of hydrogen-bond acceptors (Lipinski definition) is 5. The number of hydrogen-bond donors (Lipinski definition) is 3. The zero-order valence-corrected chi connectivity index (χ0v) is 27.4. The van der Waals surface area contributed by atoms with Crippen molar-refractivity contribution >= 4 is 34.4 Å². The molecule has 48 heavy (non-hydrogen) atoms. The summed E-state index contributed by atoms with van der Waals surface area (Å²) < 4.78 is 6.29. The highest BCUT2D eigenvalue weighted by molar-refractivity contribution is 6.01. The highest BCUT2D eigenvalue weighted by Crippen LogP contribution is 2.29. The molecule has 1 saturated heterocycles. The molecule has 2 aliphatic heterocycles. The van der Waals surface area contributed by atoms with Gasteiger partial charge in [0.2, 0.25) is 17.7 Å². The molecular weight excluding hydrogens is 604 g/mol. The molecule has 248 valence electrons. The van der Waals surface area contributed by atoms with Crippen LogP contribution in [-0.2, 0) is 20.8 Å². The van der Waals surface area contributed by atoms with Gasteiger partial charge >= 0.3 is 0 Å². The SMILES string of the molecule is CC(C)CC(=O)N[C@@H]1CCNC(=O)c2ccccc2-c2cccc(c2)OC[C@@H]2C[C@H](NC(=O)Cc3ccc4ccccc4c3)CN2C1=O. The summed E-state index contributed by atoms with van der Waals surface area (Å²) in [4.78, 5) is 55.5. The van der Waals surface area contributed by atoms with Crippen LogP contribution < -0.4 is 20.7 Å². The first-order valence-corrected chi connectivity index (χ1v) is 16.7. The molecule has 4 amide bonds. The molecule has 2 aliphatic rings. The lowest BCUT2D eigenvalue weighted by Gasteiger charge is -2.29. The molecule has 9 heteroatoms. The van der Waals surface area contributed by atoms with Gasteiger partial charge in [0.25, 0.3) is 5.91 Å². The number of amides is 4. The fraction of sp³-hybridized carbons (Fsp3) is 0.333. The molecule has 1 fully saturated rings. The standard InChI is InChI=1S/C39H42N4O5/c1-25(2)18-36(44)42-35-16-17-40-38(46)34-13-6-5-12-33(34)29-10-7-11-32(21-29)48-24-31-22-30(23-43(31)39(35)47)41-37(45)20-26-14-15-27-8-3-4-9-28(27)19-26/h3-15,19,21,25,30-31,35H,16-18,20,22-24H2,1-2H3,(H,40,46)(H,41,45)(H,42,44)/t30-,31-,35+/m0/s1. The second-order valence-electron chi connectivity index (χ2n) is 13.1. The predicted octanol–water partition coefficient (Wildman–Crippen LogP) is 4.88. The fourth-order valence-electron chi connectivity index (χ4n) is 6.65. The van der Waals surface area contributed by atoms with Gasteiger partial charge in [-0.1, -0.05) is 86.6 Å². The maximum atomic E-state index is 14.2. The Morgan fingerprint density at radius 1 is 0.875 bits per heavy atom. The van der Waals surface area contributed by atoms with Crippen molar-refractivity contribution in [2.24, 2.45) is 5.92 Å². The van der Waals surface area contributed by atoms with E-state index in [9.17, 15) is 19.2 Å². The maximum absolute atomic E-state index is 14.2. The number of ether oxygens (including phenoxy) is 1. The average Bonchev–Trinajstić information content (AvgIpc) is 3.47. The highest BCUT2D eigenvalue weighted by Gasteiger charge is 2.39. The molecule has 0 radical (unpaired) electrons. The zero-order valence-electron chi connectivity index (χ0n) is 27.4. The lowest BCUT2D eigenvalue weighted by Crippen LogP contribution is -2.52. The van der Waals surface area contributed by atoms with Crippen LogP contribution in [0, 0.1) is 5.92 Å². The van der Waals surface area contributed by atoms with E-state index in [4.69, 9.17) is 4.74 Å². The third-order valence-corrected chi connectivity index (χ3v) is 8.95. The minimum absolute atomic E-state index is 0.115. The Kier molecular flexibility index (Phi) is 10.0. The Labute approximate surface area is 281 Å². The van der Waals surface area contributed by atoms with Crippen LogP contribution in [0.5, 0.6) is 5.75 Å². The van der Waals surface area contributed by atoms with Crippen molar-refractivity contribution in [1.29, 1.82) is 0 Å². The second kappa shape index (κ2) is 14.7. The molecule has 0 aromatic heterocycles. The van der Waals surface area contributed by atoms with E-state index in [2.05, 4.69) is 16.0 Å². The first-order valence-electron chi connectivity index (χ1n) is 16.7. The smallest absolute Gasteiger partial charge is 0.251 e. The maximum Gasteiger partial charge on any atom is 0.251 e. The number of benzene rings is 4. The van der Waals surface area contributed by atoms with Gasteiger partial charge in [-0.05, 0) is 64.4 Å². The van der Waals surface area contributed by atoms with Gasteiger partial charge in [-0.2, -0.15) is 0 Å². The summed E-state index contributed by atoms with van der Waals surface area (Å²) in [7, 11) is 0. The first-order chi connectivity index (χ1) is 23.2. The summed E-state index contributed by atoms with van der Waals surface area (Å²) in [6.45, 7) is 4.57. The van der Waals surface area contributed by atoms with Crippen molar-refractivity contribution in [2.75, 3.05) is 19.7 Å². The van der Waals surface area contributed by atoms with Crippen LogP contribution in [0.2, 0.25) is 0 Å². The van der Waals surface area contributed by atoms with Crippen molar-refractivity contribution in [3.63, 3.8) is 0 Å². The van der Waals surface area contributed by atoms with Crippen molar-refractivity contribution in [2.45, 2.75) is 57.7 Å². The Balaban J connectivity index is 1.24. The largest absolute Gasteiger partial charge is 0.491 e. The zero-order chi connectivity index (χ0) is 33.6. The number of nitrogens with one attached hydrogen (secondary N) is 3. The number of nitrogens with zero attached hydrogens (tertiary/aromatic N) is 1. The van der Waals surface area contributed by atoms with Crippen LogP contribution in [0.3, 0.4) is 0 Å². The lowest BCUT2D eigenvalue weighted by molar-refractivity contribution is -0.138. The fourth-order valence-corrected chi connectivity index (χ4v) is 6.65. The van der Waals surface area contributed by atoms with Gasteiger partial charge in [-0.25, -0.2) is 0 Å². The summed E-state index contributed by atoms with van der Waals surface area (Å²) in [5.41, 5.74) is 3.03. The lowest BCUT2D eigenvalue weighted by atomic mass is 9.99. The van der Waals surface area contributed by atoms with Crippen LogP contribution in [-0.4, -0.2) is 66.4 Å². The van der Waals surface area contributed by atoms with Gasteiger partial charge in [-0.3, -0.25) is 19.2 Å². The van der Waals surface area contributed by atoms with Gasteiger partial charge in [-0.15, -0.1) is 0 Å². The number of carbonyl (C=O) groups is 4. The molecule has 0 spiro atoms. The molecule has 2 bridgehead atoms. The molecule has 4 aromatic carbocycles. The van der Waals surface area contributed by atoms with E-state index in [1.54, 1.807) is 11.0 Å². The van der Waals surface area contributed by atoms with E-state index >= 15 is 0 Å². The van der Waals surface area contributed by atoms with Gasteiger partial charge in [0.05, 0.1) is 12.5 Å². The van der Waals surface area contributed by atoms with Crippen molar-refractivity contribution in [3.8, 4) is 16.9 Å². The summed E-state index contributed by atoms with van der Waals surface area (Å²) in [6.07, 6.45) is 1.21. The van der Waals surface area contributed by atoms with Crippen LogP contribution in [0.25, 0.3) is 21.9 Å². The molecular formula is C39H42N4O5. The van der Waals surface area contributed by atoms with Gasteiger partial charge < -0.3 is 25.6 Å². The van der Waals surface area contributed by atoms with Crippen LogP contribution in [0.4, 0.5) is 0 Å². The van der Waals surface area contributed by atoms with Crippen LogP contribution >= 0.6 is 0 Å². The van der Waals surface area contributed by atoms with E-state index < -0.39 is 6.04 Å². The van der Waals surface area contributed by atoms with Gasteiger partial charge in [0.1, 0.15) is 18.4 Å². The molecule has 4 aromatic rings. The summed E-state index contributed by atoms with van der Waals surface area (Å²) in [6, 6.07) is 27.5. The number of fused-ring (bicyclic) bond motifs is 6. The highest BCUT2D eigenvalue weighted by atomic mass is 16.5. The van der Waals surface area contributed by atoms with Crippen LogP contribution in [0.1, 0.15) is 49.0 Å². The Morgan fingerprint density at radius 3 is 2.46 bits per heavy atom. The Bertz CT molecular complexity index is 1820. The third kappa shape index (κ3) is 7.85.